The number of aromatic nitrogens is 1. The summed E-state index contributed by atoms with van der Waals surface area (Å²) in [6.45, 7) is 0. The molecular weight excluding hydrogens is 454 g/mol. The summed E-state index contributed by atoms with van der Waals surface area (Å²) in [7, 11) is 0. The van der Waals surface area contributed by atoms with E-state index in [9.17, 15) is 0 Å². The summed E-state index contributed by atoms with van der Waals surface area (Å²) in [5.41, 5.74) is 8.83. The van der Waals surface area contributed by atoms with Gasteiger partial charge in [0.15, 0.2) is 0 Å². The van der Waals surface area contributed by atoms with Crippen molar-refractivity contribution in [3.05, 3.63) is 127 Å². The molecular formula is C34H21NS. The van der Waals surface area contributed by atoms with Gasteiger partial charge in [0, 0.05) is 31.6 Å². The molecule has 1 nitrogen and oxygen atoms in total. The third-order valence-corrected chi connectivity index (χ3v) is 8.49. The van der Waals surface area contributed by atoms with Crippen molar-refractivity contribution in [2.24, 2.45) is 0 Å². The van der Waals surface area contributed by atoms with E-state index in [1.54, 1.807) is 0 Å². The third-order valence-electron chi connectivity index (χ3n) is 7.36. The number of fused-ring (bicyclic) bond motifs is 5. The van der Waals surface area contributed by atoms with Crippen LogP contribution in [0.5, 0.6) is 0 Å². The molecule has 1 aliphatic rings. The maximum Gasteiger partial charge on any atom is 0.0541 e. The molecule has 0 unspecified atom stereocenters. The molecule has 0 saturated heterocycles. The third kappa shape index (κ3) is 2.85. The van der Waals surface area contributed by atoms with E-state index in [1.807, 2.05) is 11.8 Å². The zero-order valence-corrected chi connectivity index (χ0v) is 20.3. The van der Waals surface area contributed by atoms with Crippen LogP contribution in [-0.4, -0.2) is 4.57 Å². The summed E-state index contributed by atoms with van der Waals surface area (Å²) in [4.78, 5) is 2.67. The lowest BCUT2D eigenvalue weighted by Crippen LogP contribution is -1.94. The molecule has 7 aromatic rings. The molecule has 6 aromatic carbocycles. The Kier molecular flexibility index (Phi) is 4.22. The Bertz CT molecular complexity index is 1960. The number of para-hydroxylation sites is 2. The first-order valence-electron chi connectivity index (χ1n) is 12.3. The summed E-state index contributed by atoms with van der Waals surface area (Å²) in [5, 5.41) is 5.23. The van der Waals surface area contributed by atoms with E-state index in [0.717, 1.165) is 0 Å². The van der Waals surface area contributed by atoms with Gasteiger partial charge in [-0.2, -0.15) is 0 Å². The van der Waals surface area contributed by atoms with E-state index < -0.39 is 0 Å². The standard InChI is InChI=1S/C34H21NS/c1-2-10-25(11-3-1)35-30-14-6-4-12-26(30)28-20-22(17-18-31(28)35)24-19-23-9-8-16-33-34(23)29(21-24)27-13-5-7-15-32(27)36-33/h1-21H. The van der Waals surface area contributed by atoms with E-state index in [4.69, 9.17) is 0 Å². The number of hydrogen-bond acceptors (Lipinski definition) is 1. The topological polar surface area (TPSA) is 4.93 Å². The van der Waals surface area contributed by atoms with E-state index in [0.29, 0.717) is 0 Å². The Hall–Kier alpha value is -4.27. The van der Waals surface area contributed by atoms with Gasteiger partial charge in [0.2, 0.25) is 0 Å². The lowest BCUT2D eigenvalue weighted by Gasteiger charge is -2.21. The number of hydrogen-bond donors (Lipinski definition) is 0. The van der Waals surface area contributed by atoms with Gasteiger partial charge in [-0.15, -0.1) is 0 Å². The minimum absolute atomic E-state index is 1.19. The van der Waals surface area contributed by atoms with Crippen molar-refractivity contribution < 1.29 is 0 Å². The molecule has 0 radical (unpaired) electrons. The van der Waals surface area contributed by atoms with Crippen LogP contribution in [0.3, 0.4) is 0 Å². The molecule has 0 bridgehead atoms. The molecule has 0 N–H and O–H groups in total. The predicted molar refractivity (Wildman–Crippen MR) is 153 cm³/mol. The Balaban J connectivity index is 1.40. The summed E-state index contributed by atoms with van der Waals surface area (Å²) in [6.07, 6.45) is 0. The van der Waals surface area contributed by atoms with Crippen LogP contribution in [0.2, 0.25) is 0 Å². The van der Waals surface area contributed by atoms with Crippen LogP contribution in [0.15, 0.2) is 137 Å². The second kappa shape index (κ2) is 7.61. The highest BCUT2D eigenvalue weighted by molar-refractivity contribution is 7.99. The quantitative estimate of drug-likeness (QED) is 0.241. The second-order valence-electron chi connectivity index (χ2n) is 9.40. The zero-order chi connectivity index (χ0) is 23.6. The SMILES string of the molecule is c1ccc(-n2c3ccccc3c3cc(-c4cc5c6c(cccc6c4)Sc4ccccc4-5)ccc32)cc1. The smallest absolute Gasteiger partial charge is 0.0541 e. The molecule has 168 valence electrons. The first kappa shape index (κ1) is 20.0. The Morgan fingerprint density at radius 2 is 1.25 bits per heavy atom. The molecule has 0 spiro atoms. The first-order chi connectivity index (χ1) is 17.8. The highest BCUT2D eigenvalue weighted by atomic mass is 32.2. The fourth-order valence-electron chi connectivity index (χ4n) is 5.76. The molecule has 0 amide bonds. The molecule has 0 atom stereocenters. The van der Waals surface area contributed by atoms with Gasteiger partial charge in [-0.1, -0.05) is 84.6 Å². The molecule has 2 heteroatoms. The van der Waals surface area contributed by atoms with E-state index >= 15 is 0 Å². The van der Waals surface area contributed by atoms with Crippen molar-refractivity contribution in [3.8, 4) is 27.9 Å². The van der Waals surface area contributed by atoms with Gasteiger partial charge in [-0.05, 0) is 82.2 Å². The van der Waals surface area contributed by atoms with Crippen molar-refractivity contribution in [2.45, 2.75) is 9.79 Å². The molecule has 0 fully saturated rings. The van der Waals surface area contributed by atoms with Crippen molar-refractivity contribution in [3.63, 3.8) is 0 Å². The number of nitrogens with zero attached hydrogens (tertiary/aromatic N) is 1. The van der Waals surface area contributed by atoms with Crippen LogP contribution >= 0.6 is 11.8 Å². The van der Waals surface area contributed by atoms with Crippen molar-refractivity contribution >= 4 is 44.3 Å². The van der Waals surface area contributed by atoms with Crippen LogP contribution in [-0.2, 0) is 0 Å². The molecule has 8 rings (SSSR count). The number of benzene rings is 6. The predicted octanol–water partition coefficient (Wildman–Crippen LogP) is 9.74. The lowest BCUT2D eigenvalue weighted by atomic mass is 9.92. The summed E-state index contributed by atoms with van der Waals surface area (Å²) in [6, 6.07) is 46.5. The maximum atomic E-state index is 2.39. The van der Waals surface area contributed by atoms with Crippen molar-refractivity contribution in [1.82, 2.24) is 4.57 Å². The monoisotopic (exact) mass is 475 g/mol. The highest BCUT2D eigenvalue weighted by Crippen LogP contribution is 2.49. The van der Waals surface area contributed by atoms with Crippen LogP contribution in [0, 0.1) is 0 Å². The van der Waals surface area contributed by atoms with E-state index in [1.165, 1.54) is 70.3 Å². The van der Waals surface area contributed by atoms with Crippen LogP contribution < -0.4 is 0 Å². The van der Waals surface area contributed by atoms with Crippen molar-refractivity contribution in [2.75, 3.05) is 0 Å². The fourth-order valence-corrected chi connectivity index (χ4v) is 6.91. The highest BCUT2D eigenvalue weighted by Gasteiger charge is 2.20. The molecule has 1 aliphatic heterocycles. The van der Waals surface area contributed by atoms with Crippen molar-refractivity contribution in [1.29, 1.82) is 0 Å². The molecule has 36 heavy (non-hydrogen) atoms. The summed E-state index contributed by atoms with van der Waals surface area (Å²) >= 11 is 1.88. The summed E-state index contributed by atoms with van der Waals surface area (Å²) < 4.78 is 2.37. The molecule has 0 aliphatic carbocycles. The fraction of sp³-hybridized carbons (Fsp3) is 0. The second-order valence-corrected chi connectivity index (χ2v) is 10.5. The van der Waals surface area contributed by atoms with Crippen LogP contribution in [0.4, 0.5) is 0 Å². The largest absolute Gasteiger partial charge is 0.309 e. The van der Waals surface area contributed by atoms with Gasteiger partial charge < -0.3 is 4.57 Å². The first-order valence-corrected chi connectivity index (χ1v) is 13.1. The minimum Gasteiger partial charge on any atom is -0.309 e. The Labute approximate surface area is 213 Å². The van der Waals surface area contributed by atoms with Gasteiger partial charge in [0.05, 0.1) is 11.0 Å². The van der Waals surface area contributed by atoms with Crippen LogP contribution in [0.25, 0.3) is 60.5 Å². The van der Waals surface area contributed by atoms with Gasteiger partial charge in [-0.3, -0.25) is 0 Å². The van der Waals surface area contributed by atoms with Gasteiger partial charge >= 0.3 is 0 Å². The molecule has 0 saturated carbocycles. The Morgan fingerprint density at radius 1 is 0.472 bits per heavy atom. The maximum absolute atomic E-state index is 2.39. The normalized spacial score (nSPS) is 12.3. The lowest BCUT2D eigenvalue weighted by molar-refractivity contribution is 1.18. The van der Waals surface area contributed by atoms with Gasteiger partial charge in [-0.25, -0.2) is 0 Å². The zero-order valence-electron chi connectivity index (χ0n) is 19.5. The van der Waals surface area contributed by atoms with Gasteiger partial charge in [0.1, 0.15) is 0 Å². The van der Waals surface area contributed by atoms with Gasteiger partial charge in [0.25, 0.3) is 0 Å². The van der Waals surface area contributed by atoms with E-state index in [2.05, 4.69) is 132 Å². The Morgan fingerprint density at radius 3 is 2.19 bits per heavy atom. The average Bonchev–Trinajstić information content (AvgIpc) is 3.27. The molecule has 1 aromatic heterocycles. The molecule has 2 heterocycles. The summed E-state index contributed by atoms with van der Waals surface area (Å²) in [5.74, 6) is 0. The number of rotatable bonds is 2. The average molecular weight is 476 g/mol. The van der Waals surface area contributed by atoms with E-state index in [-0.39, 0.29) is 0 Å². The van der Waals surface area contributed by atoms with Crippen LogP contribution in [0.1, 0.15) is 0 Å². The minimum atomic E-state index is 1.19.